The van der Waals surface area contributed by atoms with Crippen LogP contribution in [0.15, 0.2) is 18.2 Å². The number of rotatable bonds is 3. The van der Waals surface area contributed by atoms with E-state index in [1.54, 1.807) is 12.1 Å². The molecule has 2 N–H and O–H groups in total. The van der Waals surface area contributed by atoms with E-state index in [0.29, 0.717) is 5.69 Å². The number of para-hydroxylation sites is 1. The van der Waals surface area contributed by atoms with Gasteiger partial charge in [0.05, 0.1) is 23.4 Å². The number of nitriles is 1. The van der Waals surface area contributed by atoms with Crippen LogP contribution in [0.4, 0.5) is 24.5 Å². The fourth-order valence-electron chi connectivity index (χ4n) is 1.40. The van der Waals surface area contributed by atoms with Crippen molar-refractivity contribution in [1.29, 1.82) is 5.26 Å². The molecule has 0 aliphatic carbocycles. The molecule has 0 aromatic heterocycles. The Kier molecular flexibility index (Phi) is 3.84. The van der Waals surface area contributed by atoms with E-state index >= 15 is 0 Å². The van der Waals surface area contributed by atoms with Gasteiger partial charge in [0.1, 0.15) is 6.07 Å². The fourth-order valence-corrected chi connectivity index (χ4v) is 1.40. The lowest BCUT2D eigenvalue weighted by Crippen LogP contribution is -2.24. The van der Waals surface area contributed by atoms with Crippen LogP contribution in [0.1, 0.15) is 12.0 Å². The summed E-state index contributed by atoms with van der Waals surface area (Å²) < 4.78 is 36.2. The molecule has 0 aliphatic heterocycles. The van der Waals surface area contributed by atoms with Crippen molar-refractivity contribution in [3.8, 4) is 6.07 Å². The Morgan fingerprint density at radius 1 is 1.41 bits per heavy atom. The molecule has 0 amide bonds. The van der Waals surface area contributed by atoms with Gasteiger partial charge in [0, 0.05) is 13.6 Å². The molecule has 3 nitrogen and oxygen atoms in total. The van der Waals surface area contributed by atoms with Gasteiger partial charge < -0.3 is 10.6 Å². The van der Waals surface area contributed by atoms with Gasteiger partial charge in [-0.25, -0.2) is 0 Å². The number of anilines is 2. The molecule has 0 spiro atoms. The highest BCUT2D eigenvalue weighted by Gasteiger charge is 2.27. The second-order valence-corrected chi connectivity index (χ2v) is 3.64. The summed E-state index contributed by atoms with van der Waals surface area (Å²) >= 11 is 0. The molecule has 0 saturated heterocycles. The van der Waals surface area contributed by atoms with Gasteiger partial charge in [-0.05, 0) is 12.1 Å². The summed E-state index contributed by atoms with van der Waals surface area (Å²) in [7, 11) is 1.51. The van der Waals surface area contributed by atoms with E-state index in [1.807, 2.05) is 6.07 Å². The van der Waals surface area contributed by atoms with Crippen LogP contribution in [0.2, 0.25) is 0 Å². The number of alkyl halides is 3. The summed E-state index contributed by atoms with van der Waals surface area (Å²) in [5, 5.41) is 8.76. The van der Waals surface area contributed by atoms with Crippen molar-refractivity contribution in [2.75, 3.05) is 24.2 Å². The first-order chi connectivity index (χ1) is 7.85. The molecule has 1 rings (SSSR count). The van der Waals surface area contributed by atoms with E-state index in [4.69, 9.17) is 11.0 Å². The lowest BCUT2D eigenvalue weighted by Gasteiger charge is -2.22. The zero-order valence-electron chi connectivity index (χ0n) is 9.25. The van der Waals surface area contributed by atoms with Crippen molar-refractivity contribution in [2.45, 2.75) is 12.6 Å². The topological polar surface area (TPSA) is 53.0 Å². The lowest BCUT2D eigenvalue weighted by molar-refractivity contribution is -0.132. The summed E-state index contributed by atoms with van der Waals surface area (Å²) in [6.07, 6.45) is -5.12. The summed E-state index contributed by atoms with van der Waals surface area (Å²) in [5.74, 6) is 0. The minimum Gasteiger partial charge on any atom is -0.396 e. The van der Waals surface area contributed by atoms with Gasteiger partial charge in [0.2, 0.25) is 0 Å². The van der Waals surface area contributed by atoms with E-state index in [0.717, 1.165) is 0 Å². The van der Waals surface area contributed by atoms with Gasteiger partial charge in [-0.1, -0.05) is 6.07 Å². The van der Waals surface area contributed by atoms with Gasteiger partial charge in [0.25, 0.3) is 0 Å². The number of hydrogen-bond acceptors (Lipinski definition) is 3. The van der Waals surface area contributed by atoms with E-state index in [9.17, 15) is 13.2 Å². The monoisotopic (exact) mass is 243 g/mol. The number of benzene rings is 1. The molecule has 17 heavy (non-hydrogen) atoms. The van der Waals surface area contributed by atoms with Crippen LogP contribution in [-0.4, -0.2) is 19.8 Å². The zero-order chi connectivity index (χ0) is 13.1. The summed E-state index contributed by atoms with van der Waals surface area (Å²) in [5.41, 5.74) is 6.60. The van der Waals surface area contributed by atoms with Crippen LogP contribution >= 0.6 is 0 Å². The molecular formula is C11H12F3N3. The van der Waals surface area contributed by atoms with Crippen molar-refractivity contribution in [3.05, 3.63) is 23.8 Å². The molecule has 0 fully saturated rings. The molecule has 0 saturated carbocycles. The summed E-state index contributed by atoms with van der Waals surface area (Å²) in [6.45, 7) is -0.192. The predicted molar refractivity (Wildman–Crippen MR) is 59.5 cm³/mol. The number of nitrogen functional groups attached to an aromatic ring is 1. The lowest BCUT2D eigenvalue weighted by atomic mass is 10.1. The van der Waals surface area contributed by atoms with E-state index in [2.05, 4.69) is 0 Å². The van der Waals surface area contributed by atoms with Crippen LogP contribution in [0, 0.1) is 11.3 Å². The van der Waals surface area contributed by atoms with Crippen LogP contribution in [0.25, 0.3) is 0 Å². The molecule has 1 aromatic rings. The normalized spacial score (nSPS) is 11.0. The zero-order valence-corrected chi connectivity index (χ0v) is 9.25. The maximum atomic E-state index is 12.1. The number of nitrogens with two attached hydrogens (primary N) is 1. The Morgan fingerprint density at radius 2 is 2.06 bits per heavy atom. The minimum absolute atomic E-state index is 0.192. The van der Waals surface area contributed by atoms with Crippen molar-refractivity contribution >= 4 is 11.4 Å². The average Bonchev–Trinajstić information content (AvgIpc) is 2.25. The Labute approximate surface area is 97.2 Å². The van der Waals surface area contributed by atoms with Gasteiger partial charge >= 0.3 is 6.18 Å². The molecule has 0 radical (unpaired) electrons. The van der Waals surface area contributed by atoms with Gasteiger partial charge in [-0.3, -0.25) is 0 Å². The van der Waals surface area contributed by atoms with Crippen LogP contribution in [0.3, 0.4) is 0 Å². The largest absolute Gasteiger partial charge is 0.396 e. The summed E-state index contributed by atoms with van der Waals surface area (Å²) in [4.78, 5) is 1.39. The van der Waals surface area contributed by atoms with E-state index in [1.165, 1.54) is 18.0 Å². The Balaban J connectivity index is 2.83. The van der Waals surface area contributed by atoms with E-state index in [-0.39, 0.29) is 17.8 Å². The highest BCUT2D eigenvalue weighted by Crippen LogP contribution is 2.27. The molecule has 6 heteroatoms. The third-order valence-corrected chi connectivity index (χ3v) is 2.35. The maximum absolute atomic E-state index is 12.1. The number of halogens is 3. The molecule has 92 valence electrons. The smallest absolute Gasteiger partial charge is 0.390 e. The number of hydrogen-bond donors (Lipinski definition) is 1. The van der Waals surface area contributed by atoms with Crippen molar-refractivity contribution in [2.24, 2.45) is 0 Å². The fraction of sp³-hybridized carbons (Fsp3) is 0.364. The first-order valence-corrected chi connectivity index (χ1v) is 4.91. The third kappa shape index (κ3) is 3.55. The second-order valence-electron chi connectivity index (χ2n) is 3.64. The molecule has 0 heterocycles. The van der Waals surface area contributed by atoms with Gasteiger partial charge in [0.15, 0.2) is 0 Å². The Hall–Kier alpha value is -1.90. The van der Waals surface area contributed by atoms with Crippen molar-refractivity contribution in [1.82, 2.24) is 0 Å². The van der Waals surface area contributed by atoms with Gasteiger partial charge in [-0.2, -0.15) is 18.4 Å². The SMILES string of the molecule is CN(CCC(F)(F)F)c1cccc(C#N)c1N. The molecule has 0 atom stereocenters. The number of nitrogens with zero attached hydrogens (tertiary/aromatic N) is 2. The minimum atomic E-state index is -4.20. The molecule has 0 unspecified atom stereocenters. The second kappa shape index (κ2) is 4.95. The van der Waals surface area contributed by atoms with Crippen LogP contribution < -0.4 is 10.6 Å². The van der Waals surface area contributed by atoms with Gasteiger partial charge in [-0.15, -0.1) is 0 Å². The molecule has 0 aliphatic rings. The van der Waals surface area contributed by atoms with Crippen molar-refractivity contribution < 1.29 is 13.2 Å². The maximum Gasteiger partial charge on any atom is 0.390 e. The highest BCUT2D eigenvalue weighted by atomic mass is 19.4. The Bertz CT molecular complexity index is 435. The first kappa shape index (κ1) is 13.2. The quantitative estimate of drug-likeness (QED) is 0.830. The average molecular weight is 243 g/mol. The molecule has 0 bridgehead atoms. The first-order valence-electron chi connectivity index (χ1n) is 4.91. The predicted octanol–water partition coefficient (Wildman–Crippen LogP) is 2.53. The van der Waals surface area contributed by atoms with Crippen molar-refractivity contribution in [3.63, 3.8) is 0 Å². The highest BCUT2D eigenvalue weighted by molar-refractivity contribution is 5.73. The molecule has 1 aromatic carbocycles. The Morgan fingerprint density at radius 3 is 2.59 bits per heavy atom. The third-order valence-electron chi connectivity index (χ3n) is 2.35. The summed E-state index contributed by atoms with van der Waals surface area (Å²) in [6, 6.07) is 6.59. The standard InChI is InChI=1S/C11H12F3N3/c1-17(6-5-11(12,13)14)9-4-2-3-8(7-15)10(9)16/h2-4H,5-6,16H2,1H3. The van der Waals surface area contributed by atoms with Crippen LogP contribution in [0.5, 0.6) is 0 Å². The van der Waals surface area contributed by atoms with E-state index < -0.39 is 12.6 Å². The van der Waals surface area contributed by atoms with Crippen LogP contribution in [-0.2, 0) is 0 Å². The molecular weight excluding hydrogens is 231 g/mol.